The van der Waals surface area contributed by atoms with Gasteiger partial charge in [0.2, 0.25) is 0 Å². The number of hydrogen-bond acceptors (Lipinski definition) is 19. The normalized spacial score (nSPS) is 7.92. The van der Waals surface area contributed by atoms with E-state index >= 15 is 0 Å². The number of carboxylic acid groups (broad SMARTS) is 5. The third kappa shape index (κ3) is 218. The standard InChI is InChI=1S/C6H8O7.C2H4O2.CH2O2.10Ag.BrH.ClH.HI.HNO3.H4O7P2.H3O4P.O/c7-3(8)1-6(13,5(11)12)2-4(9)10;1-2(3)4;2-1-3;;;;;;;;;;;;;;2-1(3)4;1-8(2,3)7-9(4,5)6;1-5(2,3)4;/h13H,1-2H2,(H,7,8)(H,9,10)(H,11,12);1H3,(H,3,4);1H,(H,2,3);;;;;;;;;;;3*1H;(H,2,3,4);(H2,1,2,3)(H2,4,5,6);(H3,1,2,3,4);/q;;;;9*+1;;;;;;;/p-9. The third-order valence-electron chi connectivity index (χ3n) is 1.46. The fourth-order valence-corrected chi connectivity index (χ4v) is 1.86. The Morgan fingerprint density at radius 1 is 0.846 bits per heavy atom. The van der Waals surface area contributed by atoms with Crippen molar-refractivity contribution in [2.45, 2.75) is 25.4 Å². The maximum atomic E-state index is 10.1. The molecular formula is C9H16Ag10BrClINO26P3. The van der Waals surface area contributed by atoms with Crippen LogP contribution in [0.3, 0.4) is 0 Å². The van der Waals surface area contributed by atoms with Gasteiger partial charge in [-0.2, -0.15) is 0 Å². The fraction of sp³-hybridized carbons (Fsp3) is 0.444. The van der Waals surface area contributed by atoms with Crippen molar-refractivity contribution in [2.75, 3.05) is 0 Å². The van der Waals surface area contributed by atoms with Gasteiger partial charge < -0.3 is 93.8 Å². The first kappa shape index (κ1) is 107. The van der Waals surface area contributed by atoms with E-state index in [1.807, 2.05) is 19.0 Å². The van der Waals surface area contributed by atoms with Crippen molar-refractivity contribution in [3.05, 3.63) is 10.1 Å². The summed E-state index contributed by atoms with van der Waals surface area (Å²) in [7, 11) is -10.9. The number of carboxylic acids is 4. The summed E-state index contributed by atoms with van der Waals surface area (Å²) in [5, 5.41) is 68.2. The third-order valence-corrected chi connectivity index (χ3v) is 3.11. The first-order chi connectivity index (χ1) is 20.4. The Labute approximate surface area is 454 Å². The number of halogens is 3. The predicted molar refractivity (Wildman–Crippen MR) is 122 cm³/mol. The zero-order chi connectivity index (χ0) is 40.7. The fourth-order valence-electron chi connectivity index (χ4n) is 0.815. The summed E-state index contributed by atoms with van der Waals surface area (Å²) in [6.07, 6.45) is -2.72. The van der Waals surface area contributed by atoms with Crippen molar-refractivity contribution in [1.82, 2.24) is 0 Å². The molecular weight excluding hydrogens is 1950 g/mol. The van der Waals surface area contributed by atoms with Crippen molar-refractivity contribution < 1.29 is 332 Å². The molecule has 52 heavy (non-hydrogen) atoms. The van der Waals surface area contributed by atoms with Gasteiger partial charge in [-0.1, -0.05) is 0 Å². The van der Waals surface area contributed by atoms with Crippen molar-refractivity contribution in [2.24, 2.45) is 0 Å². The average molecular weight is 1970 g/mol. The minimum atomic E-state index is -5.55. The minimum absolute atomic E-state index is 0. The van der Waals surface area contributed by atoms with E-state index in [9.17, 15) is 48.6 Å². The molecule has 8 N–H and O–H groups in total. The Kier molecular flexibility index (Phi) is 152. The summed E-state index contributed by atoms with van der Waals surface area (Å²) in [4.78, 5) is 111. The van der Waals surface area contributed by atoms with Crippen molar-refractivity contribution in [3.8, 4) is 0 Å². The zero-order valence-corrected chi connectivity index (χ0v) is 44.4. The Hall–Kier alpha value is 5.58. The van der Waals surface area contributed by atoms with E-state index in [0.29, 0.717) is 0 Å². The van der Waals surface area contributed by atoms with E-state index in [1.54, 1.807) is 21.0 Å². The molecule has 27 nitrogen and oxygen atoms in total. The van der Waals surface area contributed by atoms with Gasteiger partial charge >= 0.3 is 272 Å². The van der Waals surface area contributed by atoms with Gasteiger partial charge in [0.05, 0.1) is 13.8 Å². The number of carbonyl (C=O) groups is 5. The summed E-state index contributed by atoms with van der Waals surface area (Å²) < 4.78 is 38.6. The van der Waals surface area contributed by atoms with Crippen LogP contribution >= 0.6 is 64.7 Å². The van der Waals surface area contributed by atoms with Crippen LogP contribution in [0.1, 0.15) is 19.8 Å². The average Bonchev–Trinajstić information content (AvgIpc) is 2.80. The van der Waals surface area contributed by atoms with E-state index in [2.05, 4.69) is 82.7 Å². The zero-order valence-electron chi connectivity index (χ0n) is 22.4. The van der Waals surface area contributed by atoms with E-state index in [0.717, 1.165) is 6.92 Å². The van der Waals surface area contributed by atoms with Crippen LogP contribution in [0.15, 0.2) is 0 Å². The van der Waals surface area contributed by atoms with Crippen LogP contribution in [0.5, 0.6) is 0 Å². The van der Waals surface area contributed by atoms with Gasteiger partial charge in [0.25, 0.3) is 11.1 Å². The number of aliphatic carboxylic acids is 4. The molecule has 0 aromatic rings. The number of carbonyl (C=O) groups excluding carboxylic acids is 4. The molecule has 0 unspecified atom stereocenters. The molecule has 0 aromatic heterocycles. The summed E-state index contributed by atoms with van der Waals surface area (Å²) in [6.45, 7) is 0.583. The van der Waals surface area contributed by atoms with Crippen LogP contribution in [0.2, 0.25) is 0 Å². The van der Waals surface area contributed by atoms with E-state index in [4.69, 9.17) is 72.5 Å². The second kappa shape index (κ2) is 74.1. The number of hydrogen-bond donors (Lipinski definition) is 8. The van der Waals surface area contributed by atoms with Crippen LogP contribution in [-0.4, -0.2) is 80.9 Å². The van der Waals surface area contributed by atoms with Crippen molar-refractivity contribution in [3.63, 3.8) is 0 Å². The molecule has 0 atom stereocenters. The Morgan fingerprint density at radius 3 is 1.02 bits per heavy atom. The summed E-state index contributed by atoms with van der Waals surface area (Å²) in [5.41, 5.74) is -2.97. The molecule has 0 spiro atoms. The summed E-state index contributed by atoms with van der Waals surface area (Å²) in [6, 6.07) is 0. The quantitative estimate of drug-likeness (QED) is 0.0293. The molecule has 0 amide bonds. The molecule has 0 bridgehead atoms. The van der Waals surface area contributed by atoms with Crippen molar-refractivity contribution >= 4 is 95.1 Å². The molecule has 0 aliphatic heterocycles. The van der Waals surface area contributed by atoms with E-state index in [-0.39, 0.29) is 134 Å². The molecule has 0 radical (unpaired) electrons. The van der Waals surface area contributed by atoms with Crippen LogP contribution in [0, 0.1) is 10.1 Å². The van der Waals surface area contributed by atoms with Crippen LogP contribution in [0.25, 0.3) is 0 Å². The Morgan fingerprint density at radius 2 is 0.981 bits per heavy atom. The second-order valence-corrected chi connectivity index (χ2v) is 8.36. The van der Waals surface area contributed by atoms with Crippen LogP contribution < -0.4 is 30.2 Å². The first-order valence-electron chi connectivity index (χ1n) is 7.82. The summed E-state index contributed by atoms with van der Waals surface area (Å²) in [5.74, 6) is -6.82. The van der Waals surface area contributed by atoms with Crippen molar-refractivity contribution in [1.29, 1.82) is 0 Å². The number of aliphatic hydroxyl groups is 1. The topological polar surface area (TPSA) is 506 Å². The van der Waals surface area contributed by atoms with E-state index in [1.165, 1.54) is 0 Å². The molecule has 0 saturated heterocycles. The molecule has 0 aromatic carbocycles. The molecule has 0 heterocycles. The van der Waals surface area contributed by atoms with Gasteiger partial charge in [0, 0.05) is 38.2 Å². The summed E-state index contributed by atoms with van der Waals surface area (Å²) >= 11 is 14.5. The molecule has 0 aliphatic carbocycles. The first-order valence-corrected chi connectivity index (χ1v) is 22.7. The van der Waals surface area contributed by atoms with Gasteiger partial charge in [-0.25, -0.2) is 9.13 Å². The predicted octanol–water partition coefficient (Wildman–Crippen LogP) is -7.87. The Balaban J connectivity index is -0.0000000212. The van der Waals surface area contributed by atoms with Crippen LogP contribution in [-0.2, 0) is 257 Å². The second-order valence-electron chi connectivity index (χ2n) is 4.80. The monoisotopic (exact) mass is 1960 g/mol. The van der Waals surface area contributed by atoms with Gasteiger partial charge in [-0.05, 0) is 0 Å². The number of nitrogens with zero attached hydrogens (tertiary/aromatic N) is 1. The Bertz CT molecular complexity index is 887. The van der Waals surface area contributed by atoms with Gasteiger partial charge in [-0.3, -0.25) is 9.11 Å². The molecule has 43 heteroatoms. The molecule has 0 rings (SSSR count). The van der Waals surface area contributed by atoms with E-state index < -0.39 is 77.3 Å². The molecule has 0 saturated carbocycles. The van der Waals surface area contributed by atoms with Gasteiger partial charge in [0.1, 0.15) is 5.60 Å². The number of rotatable bonds is 7. The molecule has 359 valence electrons. The number of phosphoric acid groups is 3. The van der Waals surface area contributed by atoms with Gasteiger partial charge in [-0.15, -0.1) is 10.1 Å². The molecule has 0 aliphatic rings. The SMILES string of the molecule is CC(=O)O.O=C([O-])CC(O)(CC(=O)[O-])C(=O)[O-].O=C[O-].O=P(O)(O)O.O=P([O-])([O-])OP(=O)(O)O.O=[N+]([O-])O.[Ag+].[Ag+].[Ag+].[Ag+].[Ag+].[Ag+].[Ag][I].[Br][Ag].[Cl][Ag].[O]=[Ag]. The van der Waals surface area contributed by atoms with Crippen LogP contribution in [0.4, 0.5) is 0 Å². The molecule has 0 fully saturated rings. The maximum absolute atomic E-state index is 10.1. The van der Waals surface area contributed by atoms with Gasteiger partial charge in [0.15, 0.2) is 0 Å².